The Morgan fingerprint density at radius 3 is 2.34 bits per heavy atom. The SMILES string of the molecule is CCC(C)(C)c1cccc(C2(NC[C@@H](O)[C@H](Cc3cc(F)cc(F)c3)NC(C)=O)CCCCC2)c1. The standard InChI is InChI=1S/C29H40F2N2O2/c1-5-28(3,4)22-10-9-11-23(17-22)29(12-7-6-8-13-29)32-19-27(35)26(33-20(2)34)16-21-14-24(30)18-25(31)15-21/h9-11,14-15,17-18,26-27,32,35H,5-8,12-13,16,19H2,1-4H3,(H,33,34)/t26-,27+/m0/s1. The first-order valence-electron chi connectivity index (χ1n) is 12.8. The van der Waals surface area contributed by atoms with Crippen molar-refractivity contribution in [3.8, 4) is 0 Å². The minimum atomic E-state index is -0.931. The molecule has 1 fully saturated rings. The number of halogens is 2. The van der Waals surface area contributed by atoms with E-state index >= 15 is 0 Å². The number of carbonyl (C=O) groups excluding carboxylic acids is 1. The molecule has 1 aliphatic carbocycles. The van der Waals surface area contributed by atoms with Gasteiger partial charge in [0, 0.05) is 25.1 Å². The Labute approximate surface area is 208 Å². The van der Waals surface area contributed by atoms with Gasteiger partial charge in [-0.2, -0.15) is 0 Å². The molecule has 1 saturated carbocycles. The molecule has 3 rings (SSSR count). The van der Waals surface area contributed by atoms with Crippen LogP contribution in [0.2, 0.25) is 0 Å². The van der Waals surface area contributed by atoms with Crippen LogP contribution in [0.1, 0.15) is 82.9 Å². The van der Waals surface area contributed by atoms with E-state index in [9.17, 15) is 18.7 Å². The lowest BCUT2D eigenvalue weighted by atomic mass is 9.74. The van der Waals surface area contributed by atoms with E-state index in [4.69, 9.17) is 0 Å². The van der Waals surface area contributed by atoms with Gasteiger partial charge in [0.2, 0.25) is 5.91 Å². The van der Waals surface area contributed by atoms with Gasteiger partial charge in [0.25, 0.3) is 0 Å². The van der Waals surface area contributed by atoms with E-state index in [-0.39, 0.29) is 29.8 Å². The van der Waals surface area contributed by atoms with Gasteiger partial charge in [-0.1, -0.05) is 64.3 Å². The number of hydrogen-bond acceptors (Lipinski definition) is 3. The van der Waals surface area contributed by atoms with Crippen molar-refractivity contribution in [3.05, 3.63) is 70.8 Å². The monoisotopic (exact) mass is 486 g/mol. The van der Waals surface area contributed by atoms with Crippen LogP contribution in [-0.4, -0.2) is 29.7 Å². The summed E-state index contributed by atoms with van der Waals surface area (Å²) in [5.41, 5.74) is 2.73. The summed E-state index contributed by atoms with van der Waals surface area (Å²) < 4.78 is 27.4. The number of aliphatic hydroxyl groups excluding tert-OH is 1. The molecule has 192 valence electrons. The Morgan fingerprint density at radius 2 is 1.74 bits per heavy atom. The van der Waals surface area contributed by atoms with Gasteiger partial charge in [0.1, 0.15) is 11.6 Å². The summed E-state index contributed by atoms with van der Waals surface area (Å²) in [7, 11) is 0. The smallest absolute Gasteiger partial charge is 0.217 e. The van der Waals surface area contributed by atoms with Crippen molar-refractivity contribution in [1.29, 1.82) is 0 Å². The van der Waals surface area contributed by atoms with E-state index in [0.717, 1.165) is 38.2 Å². The van der Waals surface area contributed by atoms with Crippen molar-refractivity contribution in [2.45, 2.75) is 95.7 Å². The third-order valence-electron chi connectivity index (χ3n) is 7.67. The molecule has 1 amide bonds. The molecule has 2 aromatic rings. The maximum Gasteiger partial charge on any atom is 0.217 e. The molecule has 0 aliphatic heterocycles. The Bertz CT molecular complexity index is 982. The first kappa shape index (κ1) is 27.3. The van der Waals surface area contributed by atoms with E-state index in [0.29, 0.717) is 5.56 Å². The highest BCUT2D eigenvalue weighted by molar-refractivity contribution is 5.73. The zero-order valence-corrected chi connectivity index (χ0v) is 21.5. The second-order valence-electron chi connectivity index (χ2n) is 10.7. The number of amides is 1. The van der Waals surface area contributed by atoms with Gasteiger partial charge >= 0.3 is 0 Å². The fourth-order valence-corrected chi connectivity index (χ4v) is 5.13. The van der Waals surface area contributed by atoms with Crippen LogP contribution in [0.3, 0.4) is 0 Å². The summed E-state index contributed by atoms with van der Waals surface area (Å²) in [5, 5.41) is 17.5. The normalized spacial score (nSPS) is 17.6. The molecule has 35 heavy (non-hydrogen) atoms. The van der Waals surface area contributed by atoms with Crippen LogP contribution in [0.5, 0.6) is 0 Å². The molecule has 2 atom stereocenters. The van der Waals surface area contributed by atoms with Crippen LogP contribution in [0.4, 0.5) is 8.78 Å². The number of carbonyl (C=O) groups is 1. The zero-order valence-electron chi connectivity index (χ0n) is 21.5. The zero-order chi connectivity index (χ0) is 25.6. The topological polar surface area (TPSA) is 61.4 Å². The van der Waals surface area contributed by atoms with E-state index in [1.54, 1.807) is 0 Å². The van der Waals surface area contributed by atoms with Crippen LogP contribution in [0.15, 0.2) is 42.5 Å². The van der Waals surface area contributed by atoms with Crippen molar-refractivity contribution < 1.29 is 18.7 Å². The Hall–Kier alpha value is -2.31. The maximum atomic E-state index is 13.7. The summed E-state index contributed by atoms with van der Waals surface area (Å²) in [6.07, 6.45) is 5.56. The third kappa shape index (κ3) is 7.11. The lowest BCUT2D eigenvalue weighted by Gasteiger charge is -2.41. The van der Waals surface area contributed by atoms with E-state index in [2.05, 4.69) is 55.7 Å². The maximum absolute atomic E-state index is 13.7. The second kappa shape index (κ2) is 11.6. The highest BCUT2D eigenvalue weighted by atomic mass is 19.1. The Morgan fingerprint density at radius 1 is 1.09 bits per heavy atom. The van der Waals surface area contributed by atoms with Gasteiger partial charge in [0.05, 0.1) is 12.1 Å². The predicted molar refractivity (Wildman–Crippen MR) is 136 cm³/mol. The lowest BCUT2D eigenvalue weighted by Crippen LogP contribution is -2.53. The van der Waals surface area contributed by atoms with Crippen molar-refractivity contribution >= 4 is 5.91 Å². The minimum Gasteiger partial charge on any atom is -0.390 e. The molecule has 1 aliphatic rings. The molecule has 3 N–H and O–H groups in total. The van der Waals surface area contributed by atoms with Gasteiger partial charge in [0.15, 0.2) is 0 Å². The van der Waals surface area contributed by atoms with Crippen molar-refractivity contribution in [3.63, 3.8) is 0 Å². The molecule has 4 nitrogen and oxygen atoms in total. The molecule has 0 aromatic heterocycles. The van der Waals surface area contributed by atoms with E-state index in [1.165, 1.54) is 36.6 Å². The molecule has 0 radical (unpaired) electrons. The highest BCUT2D eigenvalue weighted by Gasteiger charge is 2.35. The Kier molecular flexibility index (Phi) is 9.05. The number of nitrogens with one attached hydrogen (secondary N) is 2. The number of hydrogen-bond donors (Lipinski definition) is 3. The van der Waals surface area contributed by atoms with Gasteiger partial charge in [-0.3, -0.25) is 4.79 Å². The van der Waals surface area contributed by atoms with Crippen molar-refractivity contribution in [2.24, 2.45) is 0 Å². The van der Waals surface area contributed by atoms with Crippen molar-refractivity contribution in [1.82, 2.24) is 10.6 Å². The summed E-state index contributed by atoms with van der Waals surface area (Å²) in [4.78, 5) is 11.8. The predicted octanol–water partition coefficient (Wildman–Crippen LogP) is 5.51. The summed E-state index contributed by atoms with van der Waals surface area (Å²) in [6, 6.07) is 11.4. The minimum absolute atomic E-state index is 0.0715. The molecular formula is C29H40F2N2O2. The van der Waals surface area contributed by atoms with Crippen LogP contribution in [0.25, 0.3) is 0 Å². The Balaban J connectivity index is 1.81. The van der Waals surface area contributed by atoms with Gasteiger partial charge in [-0.15, -0.1) is 0 Å². The van der Waals surface area contributed by atoms with Crippen LogP contribution in [0, 0.1) is 11.6 Å². The first-order valence-corrected chi connectivity index (χ1v) is 12.8. The van der Waals surface area contributed by atoms with Crippen LogP contribution < -0.4 is 10.6 Å². The summed E-state index contributed by atoms with van der Waals surface area (Å²) >= 11 is 0. The van der Waals surface area contributed by atoms with E-state index < -0.39 is 23.8 Å². The molecule has 0 bridgehead atoms. The summed E-state index contributed by atoms with van der Waals surface area (Å²) in [5.74, 6) is -1.65. The molecule has 0 spiro atoms. The van der Waals surface area contributed by atoms with Crippen LogP contribution >= 0.6 is 0 Å². The molecule has 0 saturated heterocycles. The molecule has 2 aromatic carbocycles. The largest absolute Gasteiger partial charge is 0.390 e. The number of aliphatic hydroxyl groups is 1. The molecule has 6 heteroatoms. The molecule has 0 unspecified atom stereocenters. The molecular weight excluding hydrogens is 446 g/mol. The van der Waals surface area contributed by atoms with Gasteiger partial charge in [-0.05, 0) is 59.9 Å². The second-order valence-corrected chi connectivity index (χ2v) is 10.7. The molecule has 0 heterocycles. The summed E-state index contributed by atoms with van der Waals surface area (Å²) in [6.45, 7) is 8.34. The number of benzene rings is 2. The average Bonchev–Trinajstić information content (AvgIpc) is 2.82. The van der Waals surface area contributed by atoms with Gasteiger partial charge in [-0.25, -0.2) is 8.78 Å². The fraction of sp³-hybridized carbons (Fsp3) is 0.552. The fourth-order valence-electron chi connectivity index (χ4n) is 5.13. The average molecular weight is 487 g/mol. The van der Waals surface area contributed by atoms with Crippen LogP contribution in [-0.2, 0) is 22.2 Å². The number of rotatable bonds is 10. The third-order valence-corrected chi connectivity index (χ3v) is 7.67. The van der Waals surface area contributed by atoms with E-state index in [1.807, 2.05) is 0 Å². The van der Waals surface area contributed by atoms with Crippen molar-refractivity contribution in [2.75, 3.05) is 6.54 Å². The first-order chi connectivity index (χ1) is 16.5. The van der Waals surface area contributed by atoms with Gasteiger partial charge < -0.3 is 15.7 Å². The highest BCUT2D eigenvalue weighted by Crippen LogP contribution is 2.39. The quantitative estimate of drug-likeness (QED) is 0.415. The lowest BCUT2D eigenvalue weighted by molar-refractivity contribution is -0.120.